The van der Waals surface area contributed by atoms with Crippen molar-refractivity contribution >= 4 is 46.4 Å². The first kappa shape index (κ1) is 15.8. The van der Waals surface area contributed by atoms with Gasteiger partial charge in [-0.05, 0) is 36.4 Å². The third-order valence-electron chi connectivity index (χ3n) is 3.46. The largest absolute Gasteiger partial charge is 0.373 e. The highest BCUT2D eigenvalue weighted by Gasteiger charge is 2.40. The molecule has 4 nitrogen and oxygen atoms in total. The summed E-state index contributed by atoms with van der Waals surface area (Å²) in [6, 6.07) is 9.47. The first-order valence-corrected chi connectivity index (χ1v) is 7.55. The lowest BCUT2D eigenvalue weighted by Gasteiger charge is -2.17. The SMILES string of the molecule is O=C1CC(Nc2cccc(F)c2)C(=O)N1c1ccc(Cl)cc1Cl. The van der Waals surface area contributed by atoms with E-state index in [9.17, 15) is 14.0 Å². The van der Waals surface area contributed by atoms with Crippen molar-refractivity contribution in [3.05, 3.63) is 58.3 Å². The van der Waals surface area contributed by atoms with E-state index in [2.05, 4.69) is 5.32 Å². The van der Waals surface area contributed by atoms with Crippen molar-refractivity contribution in [3.8, 4) is 0 Å². The monoisotopic (exact) mass is 352 g/mol. The minimum atomic E-state index is -0.768. The molecule has 118 valence electrons. The van der Waals surface area contributed by atoms with Gasteiger partial charge in [-0.1, -0.05) is 29.3 Å². The maximum Gasteiger partial charge on any atom is 0.256 e. The van der Waals surface area contributed by atoms with E-state index in [4.69, 9.17) is 23.2 Å². The maximum atomic E-state index is 13.2. The molecule has 1 aliphatic heterocycles. The summed E-state index contributed by atoms with van der Waals surface area (Å²) in [7, 11) is 0. The molecule has 1 atom stereocenters. The number of hydrogen-bond acceptors (Lipinski definition) is 3. The highest BCUT2D eigenvalue weighted by atomic mass is 35.5. The molecule has 1 heterocycles. The molecular formula is C16H11Cl2FN2O2. The number of rotatable bonds is 3. The number of carbonyl (C=O) groups excluding carboxylic acids is 2. The van der Waals surface area contributed by atoms with E-state index in [-0.39, 0.29) is 23.0 Å². The van der Waals surface area contributed by atoms with Crippen LogP contribution < -0.4 is 10.2 Å². The Balaban J connectivity index is 1.85. The normalized spacial score (nSPS) is 17.7. The number of halogens is 3. The second kappa shape index (κ2) is 6.18. The number of nitrogens with zero attached hydrogens (tertiary/aromatic N) is 1. The maximum absolute atomic E-state index is 13.2. The number of anilines is 2. The quantitative estimate of drug-likeness (QED) is 0.852. The lowest BCUT2D eigenvalue weighted by atomic mass is 10.2. The number of benzene rings is 2. The van der Waals surface area contributed by atoms with Crippen LogP contribution in [-0.2, 0) is 9.59 Å². The van der Waals surface area contributed by atoms with E-state index < -0.39 is 17.8 Å². The van der Waals surface area contributed by atoms with E-state index in [1.54, 1.807) is 12.1 Å². The molecule has 7 heteroatoms. The molecule has 0 aliphatic carbocycles. The molecule has 0 aromatic heterocycles. The molecule has 2 amide bonds. The van der Waals surface area contributed by atoms with Gasteiger partial charge in [-0.25, -0.2) is 9.29 Å². The average molecular weight is 353 g/mol. The second-order valence-corrected chi connectivity index (χ2v) is 5.92. The fourth-order valence-corrected chi connectivity index (χ4v) is 2.93. The van der Waals surface area contributed by atoms with Crippen molar-refractivity contribution in [1.82, 2.24) is 0 Å². The summed E-state index contributed by atoms with van der Waals surface area (Å²) in [5.74, 6) is -1.25. The second-order valence-electron chi connectivity index (χ2n) is 5.07. The van der Waals surface area contributed by atoms with Crippen LogP contribution in [0.3, 0.4) is 0 Å². The van der Waals surface area contributed by atoms with E-state index in [0.717, 1.165) is 4.90 Å². The van der Waals surface area contributed by atoms with E-state index in [1.807, 2.05) is 0 Å². The Morgan fingerprint density at radius 2 is 1.91 bits per heavy atom. The van der Waals surface area contributed by atoms with E-state index >= 15 is 0 Å². The standard InChI is InChI=1S/C16H11Cl2FN2O2/c17-9-4-5-14(12(18)6-9)21-15(22)8-13(16(21)23)20-11-3-1-2-10(19)7-11/h1-7,13,20H,8H2. The Morgan fingerprint density at radius 3 is 2.61 bits per heavy atom. The Kier molecular flexibility index (Phi) is 4.24. The molecule has 0 radical (unpaired) electrons. The predicted octanol–water partition coefficient (Wildman–Crippen LogP) is 3.88. The molecule has 1 fully saturated rings. The number of imide groups is 1. The average Bonchev–Trinajstić information content (AvgIpc) is 2.74. The molecule has 1 saturated heterocycles. The van der Waals surface area contributed by atoms with Gasteiger partial charge in [-0.15, -0.1) is 0 Å². The van der Waals surface area contributed by atoms with Gasteiger partial charge in [0.2, 0.25) is 5.91 Å². The third-order valence-corrected chi connectivity index (χ3v) is 4.00. The lowest BCUT2D eigenvalue weighted by molar-refractivity contribution is -0.121. The zero-order chi connectivity index (χ0) is 16.6. The Morgan fingerprint density at radius 1 is 1.13 bits per heavy atom. The van der Waals surface area contributed by atoms with Crippen molar-refractivity contribution in [1.29, 1.82) is 0 Å². The molecule has 23 heavy (non-hydrogen) atoms. The molecule has 3 rings (SSSR count). The smallest absolute Gasteiger partial charge is 0.256 e. The number of nitrogens with one attached hydrogen (secondary N) is 1. The Labute approximate surface area is 141 Å². The lowest BCUT2D eigenvalue weighted by Crippen LogP contribution is -2.35. The van der Waals surface area contributed by atoms with Crippen molar-refractivity contribution in [2.75, 3.05) is 10.2 Å². The van der Waals surface area contributed by atoms with Crippen LogP contribution >= 0.6 is 23.2 Å². The minimum Gasteiger partial charge on any atom is -0.373 e. The molecule has 0 saturated carbocycles. The number of amides is 2. The zero-order valence-corrected chi connectivity index (χ0v) is 13.2. The van der Waals surface area contributed by atoms with Crippen LogP contribution in [0.2, 0.25) is 10.0 Å². The first-order chi connectivity index (χ1) is 11.0. The summed E-state index contributed by atoms with van der Waals surface area (Å²) < 4.78 is 13.2. The topological polar surface area (TPSA) is 49.4 Å². The zero-order valence-electron chi connectivity index (χ0n) is 11.7. The summed E-state index contributed by atoms with van der Waals surface area (Å²) >= 11 is 11.9. The highest BCUT2D eigenvalue weighted by Crippen LogP contribution is 2.33. The highest BCUT2D eigenvalue weighted by molar-refractivity contribution is 6.38. The van der Waals surface area contributed by atoms with Crippen LogP contribution in [0.25, 0.3) is 0 Å². The van der Waals surface area contributed by atoms with E-state index in [0.29, 0.717) is 10.7 Å². The van der Waals surface area contributed by atoms with Crippen LogP contribution in [0, 0.1) is 5.82 Å². The van der Waals surface area contributed by atoms with Crippen LogP contribution in [0.4, 0.5) is 15.8 Å². The van der Waals surface area contributed by atoms with E-state index in [1.165, 1.54) is 30.3 Å². The summed E-state index contributed by atoms with van der Waals surface area (Å²) in [6.45, 7) is 0. The molecule has 1 aliphatic rings. The summed E-state index contributed by atoms with van der Waals surface area (Å²) in [6.07, 6.45) is -0.0334. The van der Waals surface area contributed by atoms with Gasteiger partial charge in [0.1, 0.15) is 11.9 Å². The molecule has 1 unspecified atom stereocenters. The van der Waals surface area contributed by atoms with Gasteiger partial charge in [0.05, 0.1) is 17.1 Å². The van der Waals surface area contributed by atoms with Crippen LogP contribution in [0.5, 0.6) is 0 Å². The van der Waals surface area contributed by atoms with Gasteiger partial charge < -0.3 is 5.32 Å². The van der Waals surface area contributed by atoms with Crippen LogP contribution in [0.1, 0.15) is 6.42 Å². The van der Waals surface area contributed by atoms with Gasteiger partial charge in [-0.3, -0.25) is 9.59 Å². The summed E-state index contributed by atoms with van der Waals surface area (Å²) in [5, 5.41) is 3.49. The van der Waals surface area contributed by atoms with Gasteiger partial charge in [0.25, 0.3) is 5.91 Å². The Bertz CT molecular complexity index is 797. The molecule has 1 N–H and O–H groups in total. The molecule has 0 spiro atoms. The molecule has 0 bridgehead atoms. The Hall–Kier alpha value is -2.11. The predicted molar refractivity (Wildman–Crippen MR) is 87.4 cm³/mol. The minimum absolute atomic E-state index is 0.0334. The number of hydrogen-bond donors (Lipinski definition) is 1. The van der Waals surface area contributed by atoms with Crippen molar-refractivity contribution < 1.29 is 14.0 Å². The van der Waals surface area contributed by atoms with Crippen molar-refractivity contribution in [3.63, 3.8) is 0 Å². The van der Waals surface area contributed by atoms with Gasteiger partial charge in [0.15, 0.2) is 0 Å². The first-order valence-electron chi connectivity index (χ1n) is 6.79. The summed E-state index contributed by atoms with van der Waals surface area (Å²) in [5.41, 5.74) is 0.717. The fraction of sp³-hybridized carbons (Fsp3) is 0.125. The summed E-state index contributed by atoms with van der Waals surface area (Å²) in [4.78, 5) is 25.7. The molecular weight excluding hydrogens is 342 g/mol. The van der Waals surface area contributed by atoms with Crippen molar-refractivity contribution in [2.24, 2.45) is 0 Å². The molecule has 2 aromatic carbocycles. The number of carbonyl (C=O) groups is 2. The third kappa shape index (κ3) is 3.16. The van der Waals surface area contributed by atoms with Gasteiger partial charge >= 0.3 is 0 Å². The van der Waals surface area contributed by atoms with Crippen LogP contribution in [0.15, 0.2) is 42.5 Å². The molecule has 2 aromatic rings. The van der Waals surface area contributed by atoms with Crippen molar-refractivity contribution in [2.45, 2.75) is 12.5 Å². The van der Waals surface area contributed by atoms with Gasteiger partial charge in [-0.2, -0.15) is 0 Å². The fourth-order valence-electron chi connectivity index (χ4n) is 2.44. The van der Waals surface area contributed by atoms with Crippen LogP contribution in [-0.4, -0.2) is 17.9 Å². The van der Waals surface area contributed by atoms with Gasteiger partial charge in [0, 0.05) is 10.7 Å².